The number of halogens is 2. The van der Waals surface area contributed by atoms with Crippen LogP contribution in [0.1, 0.15) is 37.0 Å². The molecule has 1 saturated carbocycles. The van der Waals surface area contributed by atoms with Gasteiger partial charge in [0.1, 0.15) is 10.7 Å². The van der Waals surface area contributed by atoms with E-state index in [1.54, 1.807) is 6.07 Å². The van der Waals surface area contributed by atoms with Gasteiger partial charge >= 0.3 is 0 Å². The average molecular weight is 465 g/mol. The fourth-order valence-corrected chi connectivity index (χ4v) is 5.30. The Bertz CT molecular complexity index is 1070. The first-order valence-electron chi connectivity index (χ1n) is 10.1. The van der Waals surface area contributed by atoms with Crippen LogP contribution in [0.15, 0.2) is 60.0 Å². The van der Waals surface area contributed by atoms with E-state index in [1.807, 2.05) is 18.7 Å². The van der Waals surface area contributed by atoms with Gasteiger partial charge in [-0.3, -0.25) is 9.10 Å². The molecule has 1 fully saturated rings. The molecule has 1 aliphatic carbocycles. The molecule has 0 N–H and O–H groups in total. The maximum atomic E-state index is 13.5. The number of anilines is 1. The molecule has 0 aliphatic heterocycles. The zero-order valence-electron chi connectivity index (χ0n) is 17.6. The van der Waals surface area contributed by atoms with Gasteiger partial charge in [-0.05, 0) is 61.2 Å². The number of hydrogen-bond donors (Lipinski definition) is 0. The van der Waals surface area contributed by atoms with Gasteiger partial charge in [0.05, 0.1) is 17.3 Å². The highest BCUT2D eigenvalue weighted by molar-refractivity contribution is 7.93. The van der Waals surface area contributed by atoms with Crippen LogP contribution in [0, 0.1) is 11.7 Å². The monoisotopic (exact) mass is 464 g/mol. The summed E-state index contributed by atoms with van der Waals surface area (Å²) >= 11 is 6.26. The first kappa shape index (κ1) is 23.3. The number of sulfonamides is 1. The maximum absolute atomic E-state index is 13.5. The van der Waals surface area contributed by atoms with E-state index in [1.165, 1.54) is 42.5 Å². The minimum atomic E-state index is -4.13. The lowest BCUT2D eigenvalue weighted by Crippen LogP contribution is -2.36. The lowest BCUT2D eigenvalue weighted by atomic mass is 10.1. The van der Waals surface area contributed by atoms with Gasteiger partial charge < -0.3 is 4.90 Å². The molecule has 1 amide bonds. The van der Waals surface area contributed by atoms with Crippen molar-refractivity contribution in [1.29, 1.82) is 0 Å². The van der Waals surface area contributed by atoms with E-state index in [0.717, 1.165) is 17.1 Å². The molecule has 5 nitrogen and oxygen atoms in total. The Labute approximate surface area is 188 Å². The van der Waals surface area contributed by atoms with Crippen molar-refractivity contribution >= 4 is 33.2 Å². The third-order valence-electron chi connectivity index (χ3n) is 4.97. The third kappa shape index (κ3) is 5.28. The number of rotatable bonds is 9. The summed E-state index contributed by atoms with van der Waals surface area (Å²) in [6.45, 7) is 8.26. The van der Waals surface area contributed by atoms with Crippen LogP contribution in [0.4, 0.5) is 10.1 Å². The molecule has 0 aromatic heterocycles. The third-order valence-corrected chi connectivity index (χ3v) is 7.24. The largest absolute Gasteiger partial charge is 0.335 e. The minimum Gasteiger partial charge on any atom is -0.335 e. The van der Waals surface area contributed by atoms with Gasteiger partial charge in [0.2, 0.25) is 0 Å². The van der Waals surface area contributed by atoms with Crippen molar-refractivity contribution in [3.8, 4) is 0 Å². The summed E-state index contributed by atoms with van der Waals surface area (Å²) < 4.78 is 41.4. The molecule has 3 rings (SSSR count). The summed E-state index contributed by atoms with van der Waals surface area (Å²) in [5.41, 5.74) is 0.543. The highest BCUT2D eigenvalue weighted by Crippen LogP contribution is 2.32. The highest BCUT2D eigenvalue weighted by atomic mass is 35.5. The summed E-state index contributed by atoms with van der Waals surface area (Å²) in [4.78, 5) is 14.8. The van der Waals surface area contributed by atoms with Crippen molar-refractivity contribution in [2.75, 3.05) is 17.4 Å². The van der Waals surface area contributed by atoms with Crippen molar-refractivity contribution in [3.05, 3.63) is 71.5 Å². The van der Waals surface area contributed by atoms with Crippen molar-refractivity contribution in [2.45, 2.75) is 37.6 Å². The van der Waals surface area contributed by atoms with E-state index in [2.05, 4.69) is 6.58 Å². The van der Waals surface area contributed by atoms with Crippen LogP contribution >= 0.6 is 11.6 Å². The van der Waals surface area contributed by atoms with Crippen LogP contribution in [-0.2, 0) is 10.0 Å². The molecule has 166 valence electrons. The number of carbonyl (C=O) groups excluding carboxylic acids is 1. The fourth-order valence-electron chi connectivity index (χ4n) is 3.36. The second-order valence-electron chi connectivity index (χ2n) is 8.03. The maximum Gasteiger partial charge on any atom is 0.266 e. The Hall–Kier alpha value is -2.38. The van der Waals surface area contributed by atoms with Gasteiger partial charge in [0.15, 0.2) is 0 Å². The van der Waals surface area contributed by atoms with Gasteiger partial charge in [0.25, 0.3) is 15.9 Å². The zero-order valence-corrected chi connectivity index (χ0v) is 19.2. The topological polar surface area (TPSA) is 57.7 Å². The van der Waals surface area contributed by atoms with E-state index >= 15 is 0 Å². The fraction of sp³-hybridized carbons (Fsp3) is 0.348. The summed E-state index contributed by atoms with van der Waals surface area (Å²) in [5.74, 6) is -0.390. The Balaban J connectivity index is 2.01. The molecule has 0 bridgehead atoms. The Morgan fingerprint density at radius 3 is 2.42 bits per heavy atom. The van der Waals surface area contributed by atoms with Crippen LogP contribution in [0.3, 0.4) is 0 Å². The summed E-state index contributed by atoms with van der Waals surface area (Å²) in [5, 5.41) is 0.00885. The second kappa shape index (κ2) is 9.40. The van der Waals surface area contributed by atoms with E-state index in [9.17, 15) is 17.6 Å². The summed E-state index contributed by atoms with van der Waals surface area (Å²) in [6.07, 6.45) is 3.34. The van der Waals surface area contributed by atoms with Crippen LogP contribution in [0.25, 0.3) is 0 Å². The molecule has 0 saturated heterocycles. The lowest BCUT2D eigenvalue weighted by Gasteiger charge is -2.26. The summed E-state index contributed by atoms with van der Waals surface area (Å²) in [6, 6.07) is 9.61. The van der Waals surface area contributed by atoms with Crippen molar-refractivity contribution in [2.24, 2.45) is 5.92 Å². The second-order valence-corrected chi connectivity index (χ2v) is 10.3. The standard InChI is InChI=1S/C23H26ClFN2O3S/c1-4-13-27(20-8-6-18(25)7-9-20)31(29,30)22-14-17(5-12-21(22)24)23(28)26(15-16(2)3)19-10-11-19/h4-9,12,14,16,19H,1,10-11,13,15H2,2-3H3. The molecule has 31 heavy (non-hydrogen) atoms. The molecular weight excluding hydrogens is 439 g/mol. The summed E-state index contributed by atoms with van der Waals surface area (Å²) in [7, 11) is -4.13. The predicted octanol–water partition coefficient (Wildman–Crippen LogP) is 5.12. The van der Waals surface area contributed by atoms with Crippen LogP contribution < -0.4 is 4.31 Å². The normalized spacial score (nSPS) is 13.8. The number of benzene rings is 2. The number of nitrogens with zero attached hydrogens (tertiary/aromatic N) is 2. The van der Waals surface area contributed by atoms with Crippen molar-refractivity contribution in [1.82, 2.24) is 4.90 Å². The smallest absolute Gasteiger partial charge is 0.266 e. The molecule has 2 aromatic carbocycles. The quantitative estimate of drug-likeness (QED) is 0.484. The van der Waals surface area contributed by atoms with E-state index in [-0.39, 0.29) is 39.7 Å². The van der Waals surface area contributed by atoms with E-state index in [4.69, 9.17) is 11.6 Å². The van der Waals surface area contributed by atoms with Gasteiger partial charge in [-0.1, -0.05) is 31.5 Å². The number of amides is 1. The van der Waals surface area contributed by atoms with Gasteiger partial charge in [-0.25, -0.2) is 12.8 Å². The molecule has 0 atom stereocenters. The van der Waals surface area contributed by atoms with Crippen molar-refractivity contribution < 1.29 is 17.6 Å². The molecule has 8 heteroatoms. The Morgan fingerprint density at radius 2 is 1.87 bits per heavy atom. The number of hydrogen-bond acceptors (Lipinski definition) is 3. The molecule has 0 spiro atoms. The Morgan fingerprint density at radius 1 is 1.23 bits per heavy atom. The predicted molar refractivity (Wildman–Crippen MR) is 121 cm³/mol. The van der Waals surface area contributed by atoms with E-state index < -0.39 is 15.8 Å². The zero-order chi connectivity index (χ0) is 22.8. The first-order chi connectivity index (χ1) is 14.6. The van der Waals surface area contributed by atoms with E-state index in [0.29, 0.717) is 12.5 Å². The Kier molecular flexibility index (Phi) is 7.06. The van der Waals surface area contributed by atoms with Gasteiger partial charge in [-0.15, -0.1) is 6.58 Å². The lowest BCUT2D eigenvalue weighted by molar-refractivity contribution is 0.0722. The molecule has 0 radical (unpaired) electrons. The molecule has 2 aromatic rings. The average Bonchev–Trinajstić information content (AvgIpc) is 3.56. The molecular formula is C23H26ClFN2O3S. The number of carbonyl (C=O) groups is 1. The molecule has 1 aliphatic rings. The minimum absolute atomic E-state index is 0.00885. The molecule has 0 heterocycles. The van der Waals surface area contributed by atoms with Crippen LogP contribution in [0.5, 0.6) is 0 Å². The highest BCUT2D eigenvalue weighted by Gasteiger charge is 2.34. The van der Waals surface area contributed by atoms with Gasteiger partial charge in [-0.2, -0.15) is 0 Å². The molecule has 0 unspecified atom stereocenters. The van der Waals surface area contributed by atoms with Crippen LogP contribution in [-0.4, -0.2) is 38.4 Å². The van der Waals surface area contributed by atoms with Crippen molar-refractivity contribution in [3.63, 3.8) is 0 Å². The SMILES string of the molecule is C=CCN(c1ccc(F)cc1)S(=O)(=O)c1cc(C(=O)N(CC(C)C)C2CC2)ccc1Cl. The first-order valence-corrected chi connectivity index (χ1v) is 12.0. The van der Waals surface area contributed by atoms with Crippen LogP contribution in [0.2, 0.25) is 5.02 Å². The van der Waals surface area contributed by atoms with Gasteiger partial charge in [0, 0.05) is 18.2 Å².